The summed E-state index contributed by atoms with van der Waals surface area (Å²) in [7, 11) is 0. The van der Waals surface area contributed by atoms with Crippen molar-refractivity contribution in [2.75, 3.05) is 11.4 Å². The van der Waals surface area contributed by atoms with Crippen LogP contribution in [0.15, 0.2) is 40.8 Å². The van der Waals surface area contributed by atoms with Crippen LogP contribution in [-0.4, -0.2) is 23.5 Å². The minimum atomic E-state index is -0.927. The van der Waals surface area contributed by atoms with E-state index in [9.17, 15) is 14.7 Å². The number of furan rings is 1. The summed E-state index contributed by atoms with van der Waals surface area (Å²) in [5, 5.41) is 9.27. The van der Waals surface area contributed by atoms with Gasteiger partial charge in [0.05, 0.1) is 0 Å². The summed E-state index contributed by atoms with van der Waals surface area (Å²) in [5.41, 5.74) is 1.30. The quantitative estimate of drug-likeness (QED) is 0.910. The number of carbonyl (C=O) groups excluding carboxylic acids is 1. The molecule has 20 heavy (non-hydrogen) atoms. The molecule has 1 N–H and O–H groups in total. The number of benzene rings is 1. The van der Waals surface area contributed by atoms with Crippen LogP contribution in [0.4, 0.5) is 5.69 Å². The molecule has 1 aliphatic rings. The lowest BCUT2D eigenvalue weighted by atomic mass is 10.0. The van der Waals surface area contributed by atoms with Gasteiger partial charge >= 0.3 is 5.97 Å². The van der Waals surface area contributed by atoms with Gasteiger partial charge in [0, 0.05) is 12.2 Å². The van der Waals surface area contributed by atoms with Crippen LogP contribution in [0.25, 0.3) is 0 Å². The molecule has 5 nitrogen and oxygen atoms in total. The largest absolute Gasteiger partial charge is 0.481 e. The lowest BCUT2D eigenvalue weighted by molar-refractivity contribution is -0.138. The number of para-hydroxylation sites is 1. The molecule has 2 aromatic rings. The van der Waals surface area contributed by atoms with Crippen LogP contribution >= 0.6 is 0 Å². The zero-order valence-corrected chi connectivity index (χ0v) is 10.9. The molecule has 3 rings (SSSR count). The van der Waals surface area contributed by atoms with Crippen molar-refractivity contribution in [2.24, 2.45) is 0 Å². The fourth-order valence-electron chi connectivity index (χ4n) is 2.49. The van der Waals surface area contributed by atoms with Crippen molar-refractivity contribution >= 4 is 17.6 Å². The first-order valence-corrected chi connectivity index (χ1v) is 6.28. The summed E-state index contributed by atoms with van der Waals surface area (Å²) < 4.78 is 5.33. The van der Waals surface area contributed by atoms with Crippen molar-refractivity contribution in [2.45, 2.75) is 12.8 Å². The van der Waals surface area contributed by atoms with Crippen molar-refractivity contribution in [1.82, 2.24) is 0 Å². The molecule has 0 spiro atoms. The molecule has 5 heteroatoms. The van der Waals surface area contributed by atoms with Gasteiger partial charge < -0.3 is 14.4 Å². The minimum absolute atomic E-state index is 0.132. The second-order valence-electron chi connectivity index (χ2n) is 4.78. The molecule has 0 radical (unpaired) electrons. The number of aliphatic carboxylic acids is 1. The predicted octanol–water partition coefficient (Wildman–Crippen LogP) is 2.42. The van der Waals surface area contributed by atoms with Gasteiger partial charge in [0.25, 0.3) is 5.91 Å². The van der Waals surface area contributed by atoms with Gasteiger partial charge in [-0.2, -0.15) is 0 Å². The van der Waals surface area contributed by atoms with Gasteiger partial charge in [-0.1, -0.05) is 18.2 Å². The molecule has 0 unspecified atom stereocenters. The van der Waals surface area contributed by atoms with Gasteiger partial charge in [-0.15, -0.1) is 0 Å². The summed E-state index contributed by atoms with van der Waals surface area (Å²) in [6.45, 7) is 1.89. The molecule has 1 amide bonds. The third kappa shape index (κ3) is 1.87. The maximum absolute atomic E-state index is 12.4. The summed E-state index contributed by atoms with van der Waals surface area (Å²) in [4.78, 5) is 25.2. The highest BCUT2D eigenvalue weighted by Crippen LogP contribution is 2.37. The van der Waals surface area contributed by atoms with Crippen molar-refractivity contribution in [3.05, 3.63) is 53.5 Å². The zero-order valence-electron chi connectivity index (χ0n) is 10.9. The fourth-order valence-corrected chi connectivity index (χ4v) is 2.49. The molecule has 1 aromatic carbocycles. The standard InChI is InChI=1S/C15H13NO4/c1-9-6-7-13(20-9)14(17)16-8-11(15(18)19)10-4-2-3-5-12(10)16/h2-7,11H,8H2,1H3,(H,18,19)/t11-/m0/s1. The van der Waals surface area contributed by atoms with E-state index in [1.165, 1.54) is 4.90 Å². The molecule has 1 aromatic heterocycles. The first-order valence-electron chi connectivity index (χ1n) is 6.28. The number of rotatable bonds is 2. The van der Waals surface area contributed by atoms with E-state index in [0.29, 0.717) is 17.0 Å². The number of amides is 1. The van der Waals surface area contributed by atoms with Crippen molar-refractivity contribution < 1.29 is 19.1 Å². The number of carboxylic acid groups (broad SMARTS) is 1. The summed E-state index contributed by atoms with van der Waals surface area (Å²) in [6, 6.07) is 10.4. The Hall–Kier alpha value is -2.56. The zero-order chi connectivity index (χ0) is 14.3. The third-order valence-corrected chi connectivity index (χ3v) is 3.46. The van der Waals surface area contributed by atoms with E-state index in [4.69, 9.17) is 4.42 Å². The van der Waals surface area contributed by atoms with E-state index < -0.39 is 11.9 Å². The van der Waals surface area contributed by atoms with Gasteiger partial charge in [0.15, 0.2) is 5.76 Å². The average Bonchev–Trinajstić information content (AvgIpc) is 3.02. The highest BCUT2D eigenvalue weighted by Gasteiger charge is 2.37. The molecular formula is C15H13NO4. The molecular weight excluding hydrogens is 258 g/mol. The fraction of sp³-hybridized carbons (Fsp3) is 0.200. The Balaban J connectivity index is 2.00. The Morgan fingerprint density at radius 2 is 2.00 bits per heavy atom. The van der Waals surface area contributed by atoms with Crippen LogP contribution in [0.2, 0.25) is 0 Å². The SMILES string of the molecule is Cc1ccc(C(=O)N2C[C@H](C(=O)O)c3ccccc32)o1. The lowest BCUT2D eigenvalue weighted by Gasteiger charge is -2.15. The number of carbonyl (C=O) groups is 2. The molecule has 0 aliphatic carbocycles. The van der Waals surface area contributed by atoms with Crippen LogP contribution in [0.5, 0.6) is 0 Å². The number of hydrogen-bond acceptors (Lipinski definition) is 3. The Morgan fingerprint density at radius 1 is 1.25 bits per heavy atom. The Bertz CT molecular complexity index is 689. The normalized spacial score (nSPS) is 17.1. The van der Waals surface area contributed by atoms with Gasteiger partial charge in [0.1, 0.15) is 11.7 Å². The number of nitrogens with zero attached hydrogens (tertiary/aromatic N) is 1. The molecule has 0 saturated carbocycles. The molecule has 0 fully saturated rings. The van der Waals surface area contributed by atoms with E-state index in [1.807, 2.05) is 0 Å². The van der Waals surface area contributed by atoms with Crippen LogP contribution < -0.4 is 4.90 Å². The molecule has 2 heterocycles. The molecule has 0 bridgehead atoms. The van der Waals surface area contributed by atoms with Crippen LogP contribution in [0.1, 0.15) is 27.8 Å². The second kappa shape index (κ2) is 4.52. The van der Waals surface area contributed by atoms with Crippen molar-refractivity contribution in [1.29, 1.82) is 0 Å². The Labute approximate surface area is 115 Å². The van der Waals surface area contributed by atoms with Gasteiger partial charge in [0.2, 0.25) is 0 Å². The van der Waals surface area contributed by atoms with Crippen molar-refractivity contribution in [3.63, 3.8) is 0 Å². The molecule has 102 valence electrons. The minimum Gasteiger partial charge on any atom is -0.481 e. The number of anilines is 1. The Morgan fingerprint density at radius 3 is 2.65 bits per heavy atom. The highest BCUT2D eigenvalue weighted by molar-refractivity contribution is 6.07. The summed E-state index contributed by atoms with van der Waals surface area (Å²) in [5.74, 6) is -1.05. The summed E-state index contributed by atoms with van der Waals surface area (Å²) >= 11 is 0. The number of carboxylic acids is 1. The number of hydrogen-bond donors (Lipinski definition) is 1. The molecule has 0 saturated heterocycles. The van der Waals surface area contributed by atoms with Crippen LogP contribution in [-0.2, 0) is 4.79 Å². The van der Waals surface area contributed by atoms with Gasteiger partial charge in [-0.3, -0.25) is 9.59 Å². The van der Waals surface area contributed by atoms with E-state index in [2.05, 4.69) is 0 Å². The van der Waals surface area contributed by atoms with E-state index in [-0.39, 0.29) is 18.2 Å². The van der Waals surface area contributed by atoms with Crippen molar-refractivity contribution in [3.8, 4) is 0 Å². The summed E-state index contributed by atoms with van der Waals surface area (Å²) in [6.07, 6.45) is 0. The van der Waals surface area contributed by atoms with Gasteiger partial charge in [-0.25, -0.2) is 0 Å². The highest BCUT2D eigenvalue weighted by atomic mass is 16.4. The maximum Gasteiger partial charge on any atom is 0.312 e. The second-order valence-corrected chi connectivity index (χ2v) is 4.78. The molecule has 1 atom stereocenters. The van der Waals surface area contributed by atoms with E-state index in [0.717, 1.165) is 0 Å². The smallest absolute Gasteiger partial charge is 0.312 e. The number of aryl methyl sites for hydroxylation is 1. The van der Waals surface area contributed by atoms with Gasteiger partial charge in [-0.05, 0) is 30.7 Å². The molecule has 1 aliphatic heterocycles. The van der Waals surface area contributed by atoms with Crippen LogP contribution in [0, 0.1) is 6.92 Å². The monoisotopic (exact) mass is 271 g/mol. The first kappa shape index (κ1) is 12.5. The van der Waals surface area contributed by atoms with E-state index in [1.54, 1.807) is 43.3 Å². The lowest BCUT2D eigenvalue weighted by Crippen LogP contribution is -2.30. The third-order valence-electron chi connectivity index (χ3n) is 3.46. The first-order chi connectivity index (χ1) is 9.58. The average molecular weight is 271 g/mol. The Kier molecular flexibility index (Phi) is 2.82. The van der Waals surface area contributed by atoms with E-state index >= 15 is 0 Å². The van der Waals surface area contributed by atoms with Crippen LogP contribution in [0.3, 0.4) is 0 Å². The topological polar surface area (TPSA) is 70.8 Å². The maximum atomic E-state index is 12.4. The predicted molar refractivity (Wildman–Crippen MR) is 71.9 cm³/mol. The number of fused-ring (bicyclic) bond motifs is 1.